The van der Waals surface area contributed by atoms with Crippen molar-refractivity contribution in [2.24, 2.45) is 5.73 Å². The molecule has 0 unspecified atom stereocenters. The van der Waals surface area contributed by atoms with Crippen molar-refractivity contribution in [3.05, 3.63) is 65.5 Å². The molecule has 0 aliphatic heterocycles. The lowest BCUT2D eigenvalue weighted by atomic mass is 10.1. The summed E-state index contributed by atoms with van der Waals surface area (Å²) in [6.45, 7) is 0. The molecule has 2 amide bonds. The molecule has 0 aliphatic rings. The largest absolute Gasteiger partial charge is 0.573 e. The van der Waals surface area contributed by atoms with E-state index in [1.54, 1.807) is 0 Å². The maximum atomic E-state index is 15.2. The van der Waals surface area contributed by atoms with Gasteiger partial charge in [0.2, 0.25) is 11.6 Å². The Morgan fingerprint density at radius 1 is 0.897 bits per heavy atom. The molecule has 208 valence electrons. The quantitative estimate of drug-likeness (QED) is 0.352. The van der Waals surface area contributed by atoms with Crippen LogP contribution in [0, 0.1) is 11.6 Å². The van der Waals surface area contributed by atoms with Gasteiger partial charge in [-0.3, -0.25) is 14.6 Å². The fourth-order valence-electron chi connectivity index (χ4n) is 2.89. The van der Waals surface area contributed by atoms with Crippen molar-refractivity contribution in [1.29, 1.82) is 0 Å². The Kier molecular flexibility index (Phi) is 6.84. The number of halogens is 8. The zero-order valence-electron chi connectivity index (χ0n) is 21.5. The number of ether oxygens (including phenoxy) is 4. The Bertz CT molecular complexity index is 1520. The maximum absolute atomic E-state index is 15.2. The topological polar surface area (TPSA) is 122 Å². The lowest BCUT2D eigenvalue weighted by molar-refractivity contribution is -0.276. The van der Waals surface area contributed by atoms with E-state index in [-0.39, 0.29) is 11.4 Å². The lowest BCUT2D eigenvalue weighted by Gasteiger charge is -2.18. The molecule has 3 aromatic rings. The number of methoxy groups -OCH3 is 1. The van der Waals surface area contributed by atoms with Crippen LogP contribution in [0.4, 0.5) is 40.8 Å². The molecule has 0 bridgehead atoms. The molecule has 0 saturated heterocycles. The Hall–Kier alpha value is -4.83. The van der Waals surface area contributed by atoms with E-state index in [0.717, 1.165) is 18.3 Å². The normalized spacial score (nSPS) is 13.0. The zero-order valence-corrected chi connectivity index (χ0v) is 18.5. The van der Waals surface area contributed by atoms with Gasteiger partial charge in [-0.1, -0.05) is 0 Å². The van der Waals surface area contributed by atoms with Crippen molar-refractivity contribution in [2.45, 2.75) is 12.7 Å². The van der Waals surface area contributed by atoms with Crippen LogP contribution in [-0.4, -0.2) is 36.6 Å². The van der Waals surface area contributed by atoms with Gasteiger partial charge < -0.3 is 30.0 Å². The highest BCUT2D eigenvalue weighted by atomic mass is 19.4. The fourth-order valence-corrected chi connectivity index (χ4v) is 2.89. The number of nitrogens with zero attached hydrogens (tertiary/aromatic N) is 1. The summed E-state index contributed by atoms with van der Waals surface area (Å²) in [6, 6.07) is 3.60. The number of nitrogens with two attached hydrogens (primary N) is 1. The minimum atomic E-state index is -5.45. The molecule has 1 aromatic heterocycles. The predicted molar refractivity (Wildman–Crippen MR) is 114 cm³/mol. The van der Waals surface area contributed by atoms with E-state index in [2.05, 4.69) is 19.2 Å². The minimum Gasteiger partial charge on any atom is -0.490 e. The predicted octanol–water partition coefficient (Wildman–Crippen LogP) is 5.31. The van der Waals surface area contributed by atoms with Crippen molar-refractivity contribution in [3.63, 3.8) is 0 Å². The summed E-state index contributed by atoms with van der Waals surface area (Å²) in [4.78, 5) is 27.9. The number of aromatic nitrogens is 1. The molecule has 3 rings (SSSR count). The number of benzene rings is 2. The monoisotopic (exact) mass is 570 g/mol. The molecule has 0 radical (unpaired) electrons. The van der Waals surface area contributed by atoms with E-state index < -0.39 is 77.5 Å². The van der Waals surface area contributed by atoms with Crippen molar-refractivity contribution in [1.82, 2.24) is 4.98 Å². The summed E-state index contributed by atoms with van der Waals surface area (Å²) in [7, 11) is -3.51. The zero-order chi connectivity index (χ0) is 31.6. The number of alkyl halides is 6. The van der Waals surface area contributed by atoms with Gasteiger partial charge >= 0.3 is 12.7 Å². The standard InChI is InChI=1S/C22H13F8N3O6/c1-36-18-14(5-4-13(17(18)24)39-22(28,29)30)37-11-2-3-12(38-21(25,26)27)16(23)15(11)20(35)33-9-6-7-32-10(8-9)19(31)34/h2-8H,1H3,(H2,31,34)(H,32,33,35)/i1D3. The van der Waals surface area contributed by atoms with Crippen LogP contribution in [0.1, 0.15) is 25.0 Å². The Balaban J connectivity index is 2.15. The number of rotatable bonds is 8. The molecule has 0 atom stereocenters. The molecular weight excluding hydrogens is 554 g/mol. The van der Waals surface area contributed by atoms with Gasteiger partial charge in [0.25, 0.3) is 11.8 Å². The molecule has 39 heavy (non-hydrogen) atoms. The molecule has 0 aliphatic carbocycles. The van der Waals surface area contributed by atoms with Gasteiger partial charge in [-0.25, -0.2) is 4.39 Å². The van der Waals surface area contributed by atoms with Crippen LogP contribution in [0.2, 0.25) is 0 Å². The highest BCUT2D eigenvalue weighted by Crippen LogP contribution is 2.42. The number of anilines is 1. The average molecular weight is 570 g/mol. The summed E-state index contributed by atoms with van der Waals surface area (Å²) in [5.41, 5.74) is 3.06. The molecule has 2 aromatic carbocycles. The molecular formula is C22H13F8N3O6. The van der Waals surface area contributed by atoms with E-state index >= 15 is 4.39 Å². The van der Waals surface area contributed by atoms with Gasteiger partial charge in [-0.05, 0) is 36.4 Å². The first-order valence-corrected chi connectivity index (χ1v) is 9.84. The number of pyridine rings is 1. The Morgan fingerprint density at radius 2 is 1.46 bits per heavy atom. The number of nitrogens with one attached hydrogen (secondary N) is 1. The average Bonchev–Trinajstić information content (AvgIpc) is 2.82. The van der Waals surface area contributed by atoms with Gasteiger partial charge in [-0.15, -0.1) is 26.3 Å². The number of carbonyl (C=O) groups excluding carboxylic acids is 2. The van der Waals surface area contributed by atoms with Gasteiger partial charge in [0, 0.05) is 11.9 Å². The van der Waals surface area contributed by atoms with E-state index in [4.69, 9.17) is 14.6 Å². The third-order valence-electron chi connectivity index (χ3n) is 4.36. The Morgan fingerprint density at radius 3 is 2.03 bits per heavy atom. The van der Waals surface area contributed by atoms with Crippen LogP contribution in [0.3, 0.4) is 0 Å². The SMILES string of the molecule is [2H]C([2H])([2H])Oc1c(Oc2ccc(OC(F)(F)F)c(F)c2C(=O)Nc2ccnc(C(N)=O)c2)ccc(OC(F)(F)F)c1F. The molecule has 0 fully saturated rings. The van der Waals surface area contributed by atoms with Crippen molar-refractivity contribution < 1.29 is 67.8 Å². The second-order valence-corrected chi connectivity index (χ2v) is 7.00. The van der Waals surface area contributed by atoms with Crippen LogP contribution in [0.5, 0.6) is 28.7 Å². The summed E-state index contributed by atoms with van der Waals surface area (Å²) >= 11 is 0. The Labute approximate surface area is 216 Å². The third-order valence-corrected chi connectivity index (χ3v) is 4.36. The van der Waals surface area contributed by atoms with Crippen LogP contribution in [0.25, 0.3) is 0 Å². The van der Waals surface area contributed by atoms with E-state index in [0.29, 0.717) is 24.3 Å². The second kappa shape index (κ2) is 10.9. The number of primary amides is 1. The van der Waals surface area contributed by atoms with Gasteiger partial charge in [-0.2, -0.15) is 4.39 Å². The van der Waals surface area contributed by atoms with Crippen LogP contribution in [0.15, 0.2) is 42.6 Å². The summed E-state index contributed by atoms with van der Waals surface area (Å²) in [6.07, 6.45) is -9.90. The highest BCUT2D eigenvalue weighted by Gasteiger charge is 2.36. The first-order valence-electron chi connectivity index (χ1n) is 11.3. The molecule has 17 heteroatoms. The third kappa shape index (κ3) is 7.14. The second-order valence-electron chi connectivity index (χ2n) is 7.00. The van der Waals surface area contributed by atoms with Gasteiger partial charge in [0.05, 0.1) is 11.2 Å². The van der Waals surface area contributed by atoms with Crippen LogP contribution >= 0.6 is 0 Å². The molecule has 0 saturated carbocycles. The fraction of sp³-hybridized carbons (Fsp3) is 0.136. The molecule has 0 spiro atoms. The van der Waals surface area contributed by atoms with E-state index in [1.807, 2.05) is 5.32 Å². The summed E-state index contributed by atoms with van der Waals surface area (Å²) in [5.74, 6) is -13.4. The minimum absolute atomic E-state index is 0.276. The van der Waals surface area contributed by atoms with Crippen molar-refractivity contribution in [3.8, 4) is 28.7 Å². The van der Waals surface area contributed by atoms with Crippen LogP contribution in [-0.2, 0) is 0 Å². The highest BCUT2D eigenvalue weighted by molar-refractivity contribution is 6.07. The van der Waals surface area contributed by atoms with E-state index in [1.165, 1.54) is 0 Å². The smallest absolute Gasteiger partial charge is 0.490 e. The lowest BCUT2D eigenvalue weighted by Crippen LogP contribution is -2.21. The molecule has 9 nitrogen and oxygen atoms in total. The van der Waals surface area contributed by atoms with Crippen molar-refractivity contribution in [2.75, 3.05) is 12.4 Å². The van der Waals surface area contributed by atoms with E-state index in [9.17, 15) is 40.3 Å². The molecule has 1 heterocycles. The first-order chi connectivity index (χ1) is 19.2. The number of carbonyl (C=O) groups is 2. The number of hydrogen-bond acceptors (Lipinski definition) is 7. The van der Waals surface area contributed by atoms with Crippen molar-refractivity contribution >= 4 is 17.5 Å². The first kappa shape index (κ1) is 24.5. The van der Waals surface area contributed by atoms with Gasteiger partial charge in [0.15, 0.2) is 23.1 Å². The maximum Gasteiger partial charge on any atom is 0.573 e. The molecule has 3 N–H and O–H groups in total. The number of amides is 2. The van der Waals surface area contributed by atoms with Crippen LogP contribution < -0.4 is 30.0 Å². The number of hydrogen-bond donors (Lipinski definition) is 2. The summed E-state index contributed by atoms with van der Waals surface area (Å²) in [5, 5.41) is 2.03. The van der Waals surface area contributed by atoms with Gasteiger partial charge in [0.1, 0.15) is 17.0 Å². The summed E-state index contributed by atoms with van der Waals surface area (Å²) < 4.78 is 144.